The first-order valence-electron chi connectivity index (χ1n) is 5.24. The number of alkyl halides is 1. The van der Waals surface area contributed by atoms with Crippen LogP contribution in [0.15, 0.2) is 30.5 Å². The zero-order valence-electron chi connectivity index (χ0n) is 9.39. The molecular formula is C12H14ClN3. The predicted molar refractivity (Wildman–Crippen MR) is 68.1 cm³/mol. The largest absolute Gasteiger partial charge is 0.371 e. The number of aromatic nitrogens is 2. The molecule has 0 aliphatic rings. The van der Waals surface area contributed by atoms with Gasteiger partial charge in [-0.2, -0.15) is 10.2 Å². The molecular weight excluding hydrogens is 222 g/mol. The van der Waals surface area contributed by atoms with E-state index < -0.39 is 0 Å². The molecule has 0 saturated heterocycles. The Bertz CT molecular complexity index is 479. The number of fused-ring (bicyclic) bond motifs is 1. The van der Waals surface area contributed by atoms with Crippen LogP contribution in [-0.2, 0) is 0 Å². The van der Waals surface area contributed by atoms with Crippen LogP contribution in [0.4, 0.5) is 5.69 Å². The fraction of sp³-hybridized carbons (Fsp3) is 0.333. The van der Waals surface area contributed by atoms with Gasteiger partial charge in [-0.1, -0.05) is 18.2 Å². The second kappa shape index (κ2) is 4.66. The van der Waals surface area contributed by atoms with E-state index >= 15 is 0 Å². The third-order valence-corrected chi connectivity index (χ3v) is 2.60. The molecule has 0 bridgehead atoms. The van der Waals surface area contributed by atoms with Gasteiger partial charge < -0.3 is 4.90 Å². The van der Waals surface area contributed by atoms with Crippen LogP contribution in [0, 0.1) is 0 Å². The average molecular weight is 236 g/mol. The van der Waals surface area contributed by atoms with Gasteiger partial charge in [0.25, 0.3) is 0 Å². The summed E-state index contributed by atoms with van der Waals surface area (Å²) in [4.78, 5) is 2.11. The van der Waals surface area contributed by atoms with Crippen LogP contribution in [0.2, 0.25) is 0 Å². The van der Waals surface area contributed by atoms with Gasteiger partial charge in [-0.25, -0.2) is 0 Å². The van der Waals surface area contributed by atoms with E-state index in [1.807, 2.05) is 32.2 Å². The van der Waals surface area contributed by atoms with Crippen molar-refractivity contribution in [3.63, 3.8) is 0 Å². The highest BCUT2D eigenvalue weighted by Gasteiger charge is 2.09. The van der Waals surface area contributed by atoms with Gasteiger partial charge in [0.05, 0.1) is 17.4 Å². The van der Waals surface area contributed by atoms with Crippen molar-refractivity contribution in [2.24, 2.45) is 0 Å². The van der Waals surface area contributed by atoms with Gasteiger partial charge in [-0.15, -0.1) is 11.6 Å². The van der Waals surface area contributed by atoms with Crippen LogP contribution in [0.1, 0.15) is 6.92 Å². The molecule has 3 nitrogen and oxygen atoms in total. The molecule has 1 aromatic carbocycles. The molecule has 16 heavy (non-hydrogen) atoms. The molecule has 0 fully saturated rings. The topological polar surface area (TPSA) is 29.0 Å². The van der Waals surface area contributed by atoms with E-state index in [9.17, 15) is 0 Å². The molecule has 0 saturated carbocycles. The lowest BCUT2D eigenvalue weighted by atomic mass is 10.2. The molecule has 1 aromatic heterocycles. The van der Waals surface area contributed by atoms with Crippen molar-refractivity contribution in [3.8, 4) is 0 Å². The number of hydrogen-bond donors (Lipinski definition) is 0. The van der Waals surface area contributed by atoms with E-state index in [0.29, 0.717) is 0 Å². The molecule has 0 aliphatic heterocycles. The molecule has 2 rings (SSSR count). The molecule has 0 spiro atoms. The molecule has 84 valence electrons. The van der Waals surface area contributed by atoms with Gasteiger partial charge in [0.15, 0.2) is 0 Å². The Morgan fingerprint density at radius 3 is 2.88 bits per heavy atom. The van der Waals surface area contributed by atoms with E-state index in [1.165, 1.54) is 0 Å². The molecule has 0 amide bonds. The number of anilines is 1. The highest BCUT2D eigenvalue weighted by Crippen LogP contribution is 2.23. The lowest BCUT2D eigenvalue weighted by Gasteiger charge is -2.21. The monoisotopic (exact) mass is 235 g/mol. The van der Waals surface area contributed by atoms with Gasteiger partial charge in [-0.3, -0.25) is 0 Å². The van der Waals surface area contributed by atoms with Crippen LogP contribution >= 0.6 is 11.6 Å². The first-order chi connectivity index (χ1) is 7.68. The van der Waals surface area contributed by atoms with E-state index in [0.717, 1.165) is 23.1 Å². The average Bonchev–Trinajstić information content (AvgIpc) is 2.27. The Morgan fingerprint density at radius 2 is 2.12 bits per heavy atom. The molecule has 1 unspecified atom stereocenters. The Balaban J connectivity index is 2.44. The van der Waals surface area contributed by atoms with Crippen LogP contribution < -0.4 is 4.90 Å². The van der Waals surface area contributed by atoms with Crippen LogP contribution in [0.3, 0.4) is 0 Å². The lowest BCUT2D eigenvalue weighted by molar-refractivity contribution is 0.856. The van der Waals surface area contributed by atoms with Crippen molar-refractivity contribution in [2.75, 3.05) is 18.5 Å². The van der Waals surface area contributed by atoms with Crippen molar-refractivity contribution >= 4 is 28.2 Å². The fourth-order valence-corrected chi connectivity index (χ4v) is 1.98. The van der Waals surface area contributed by atoms with Gasteiger partial charge in [0.2, 0.25) is 0 Å². The SMILES string of the molecule is CC(Cl)CN(C)c1cnnc2ccccc12. The van der Waals surface area contributed by atoms with Crippen molar-refractivity contribution in [1.82, 2.24) is 10.2 Å². The maximum Gasteiger partial charge on any atom is 0.0950 e. The predicted octanol–water partition coefficient (Wildman–Crippen LogP) is 2.69. The minimum absolute atomic E-state index is 0.108. The summed E-state index contributed by atoms with van der Waals surface area (Å²) in [5.41, 5.74) is 1.98. The minimum Gasteiger partial charge on any atom is -0.371 e. The molecule has 1 atom stereocenters. The third-order valence-electron chi connectivity index (χ3n) is 2.46. The molecule has 0 radical (unpaired) electrons. The standard InChI is InChI=1S/C12H14ClN3/c1-9(13)8-16(2)12-7-14-15-11-6-4-3-5-10(11)12/h3-7,9H,8H2,1-2H3. The third kappa shape index (κ3) is 2.25. The summed E-state index contributed by atoms with van der Waals surface area (Å²) in [6, 6.07) is 7.98. The number of benzene rings is 1. The Labute approximate surface area is 100 Å². The normalized spacial score (nSPS) is 12.7. The summed E-state index contributed by atoms with van der Waals surface area (Å²) in [6.45, 7) is 2.77. The molecule has 4 heteroatoms. The highest BCUT2D eigenvalue weighted by atomic mass is 35.5. The maximum atomic E-state index is 6.00. The van der Waals surface area contributed by atoms with Crippen molar-refractivity contribution in [1.29, 1.82) is 0 Å². The zero-order chi connectivity index (χ0) is 11.5. The van der Waals surface area contributed by atoms with E-state index in [1.54, 1.807) is 6.20 Å². The first-order valence-corrected chi connectivity index (χ1v) is 5.68. The molecule has 0 N–H and O–H groups in total. The highest BCUT2D eigenvalue weighted by molar-refractivity contribution is 6.20. The number of hydrogen-bond acceptors (Lipinski definition) is 3. The van der Waals surface area contributed by atoms with Gasteiger partial charge >= 0.3 is 0 Å². The second-order valence-corrected chi connectivity index (χ2v) is 4.65. The summed E-state index contributed by atoms with van der Waals surface area (Å²) in [5, 5.41) is 9.32. The van der Waals surface area contributed by atoms with Gasteiger partial charge in [0, 0.05) is 24.4 Å². The van der Waals surface area contributed by atoms with Crippen molar-refractivity contribution in [3.05, 3.63) is 30.5 Å². The van der Waals surface area contributed by atoms with Crippen LogP contribution in [-0.4, -0.2) is 29.2 Å². The van der Waals surface area contributed by atoms with Crippen molar-refractivity contribution < 1.29 is 0 Å². The number of rotatable bonds is 3. The number of nitrogens with zero attached hydrogens (tertiary/aromatic N) is 3. The smallest absolute Gasteiger partial charge is 0.0950 e. The van der Waals surface area contributed by atoms with Crippen molar-refractivity contribution in [2.45, 2.75) is 12.3 Å². The van der Waals surface area contributed by atoms with E-state index in [4.69, 9.17) is 11.6 Å². The Morgan fingerprint density at radius 1 is 1.38 bits per heavy atom. The summed E-state index contributed by atoms with van der Waals surface area (Å²) >= 11 is 6.00. The maximum absolute atomic E-state index is 6.00. The van der Waals surface area contributed by atoms with Crippen LogP contribution in [0.5, 0.6) is 0 Å². The summed E-state index contributed by atoms with van der Waals surface area (Å²) in [6.07, 6.45) is 1.78. The Kier molecular flexibility index (Phi) is 3.25. The van der Waals surface area contributed by atoms with Gasteiger partial charge in [0.1, 0.15) is 0 Å². The zero-order valence-corrected chi connectivity index (χ0v) is 10.1. The first kappa shape index (κ1) is 11.1. The second-order valence-electron chi connectivity index (χ2n) is 3.91. The fourth-order valence-electron chi connectivity index (χ4n) is 1.77. The van der Waals surface area contributed by atoms with E-state index in [-0.39, 0.29) is 5.38 Å². The molecule has 1 heterocycles. The summed E-state index contributed by atoms with van der Waals surface area (Å²) < 4.78 is 0. The summed E-state index contributed by atoms with van der Waals surface area (Å²) in [5.74, 6) is 0. The minimum atomic E-state index is 0.108. The van der Waals surface area contributed by atoms with E-state index in [2.05, 4.69) is 21.2 Å². The lowest BCUT2D eigenvalue weighted by Crippen LogP contribution is -2.24. The van der Waals surface area contributed by atoms with Gasteiger partial charge in [-0.05, 0) is 13.0 Å². The summed E-state index contributed by atoms with van der Waals surface area (Å²) in [7, 11) is 2.02. The quantitative estimate of drug-likeness (QED) is 0.766. The molecule has 2 aromatic rings. The number of halogens is 1. The van der Waals surface area contributed by atoms with Crippen LogP contribution in [0.25, 0.3) is 10.9 Å². The Hall–Kier alpha value is -1.35. The molecule has 0 aliphatic carbocycles.